The molecule has 0 bridgehead atoms. The molecule has 0 unspecified atom stereocenters. The summed E-state index contributed by atoms with van der Waals surface area (Å²) in [5.41, 5.74) is -0.134. The van der Waals surface area contributed by atoms with E-state index in [4.69, 9.17) is 16.7 Å². The maximum atomic E-state index is 11.8. The Labute approximate surface area is 111 Å². The molecule has 0 radical (unpaired) electrons. The number of hydrogen-bond donors (Lipinski definition) is 2. The summed E-state index contributed by atoms with van der Waals surface area (Å²) in [6.07, 6.45) is 0. The first-order valence-corrected chi connectivity index (χ1v) is 6.08. The first-order chi connectivity index (χ1) is 8.58. The minimum Gasteiger partial charge on any atom is -0.477 e. The average Bonchev–Trinajstić information content (AvgIpc) is 2.76. The van der Waals surface area contributed by atoms with Crippen LogP contribution in [0.1, 0.15) is 20.2 Å². The molecular formula is C11H7ClN2O3S. The summed E-state index contributed by atoms with van der Waals surface area (Å²) in [4.78, 5) is 26.7. The summed E-state index contributed by atoms with van der Waals surface area (Å²) in [5.74, 6) is -1.39. The molecule has 2 N–H and O–H groups in total. The molecule has 18 heavy (non-hydrogen) atoms. The van der Waals surface area contributed by atoms with E-state index in [0.717, 1.165) is 0 Å². The molecule has 2 rings (SSSR count). The number of carbonyl (C=O) groups excluding carboxylic acids is 1. The molecule has 2 aromatic rings. The number of aromatic carboxylic acids is 1. The van der Waals surface area contributed by atoms with Gasteiger partial charge in [-0.05, 0) is 23.6 Å². The number of thiophene rings is 1. The molecule has 92 valence electrons. The molecule has 0 fully saturated rings. The highest BCUT2D eigenvalue weighted by atomic mass is 35.5. The first-order valence-electron chi connectivity index (χ1n) is 4.82. The van der Waals surface area contributed by atoms with Gasteiger partial charge in [0.25, 0.3) is 5.91 Å². The molecule has 0 atom stereocenters. The second kappa shape index (κ2) is 5.16. The standard InChI is InChI=1S/C11H7ClN2O3S/c12-6-4-5-18-9(6)10(15)14-8-3-1-2-7(13-8)11(16)17/h1-5H,(H,16,17)(H,13,14,15). The number of nitrogens with one attached hydrogen (secondary N) is 1. The fourth-order valence-electron chi connectivity index (χ4n) is 1.25. The summed E-state index contributed by atoms with van der Waals surface area (Å²) in [5, 5.41) is 13.3. The Balaban J connectivity index is 2.20. The molecule has 0 aliphatic carbocycles. The zero-order valence-electron chi connectivity index (χ0n) is 8.88. The van der Waals surface area contributed by atoms with Crippen molar-refractivity contribution < 1.29 is 14.7 Å². The Morgan fingerprint density at radius 1 is 1.33 bits per heavy atom. The van der Waals surface area contributed by atoms with Gasteiger partial charge in [-0.3, -0.25) is 4.79 Å². The quantitative estimate of drug-likeness (QED) is 0.907. The smallest absolute Gasteiger partial charge is 0.354 e. The Morgan fingerprint density at radius 2 is 2.11 bits per heavy atom. The SMILES string of the molecule is O=C(O)c1cccc(NC(=O)c2sccc2Cl)n1. The number of pyridine rings is 1. The number of halogens is 1. The van der Waals surface area contributed by atoms with Crippen LogP contribution in [-0.4, -0.2) is 22.0 Å². The van der Waals surface area contributed by atoms with Gasteiger partial charge in [-0.25, -0.2) is 9.78 Å². The van der Waals surface area contributed by atoms with E-state index in [2.05, 4.69) is 10.3 Å². The van der Waals surface area contributed by atoms with Gasteiger partial charge in [-0.2, -0.15) is 0 Å². The van der Waals surface area contributed by atoms with Crippen LogP contribution in [0.5, 0.6) is 0 Å². The van der Waals surface area contributed by atoms with Crippen LogP contribution >= 0.6 is 22.9 Å². The summed E-state index contributed by atoms with van der Waals surface area (Å²) in [6, 6.07) is 5.96. The lowest BCUT2D eigenvalue weighted by molar-refractivity contribution is 0.0690. The van der Waals surface area contributed by atoms with Crippen LogP contribution in [0.3, 0.4) is 0 Å². The largest absolute Gasteiger partial charge is 0.477 e. The molecular weight excluding hydrogens is 276 g/mol. The van der Waals surface area contributed by atoms with Crippen molar-refractivity contribution in [3.63, 3.8) is 0 Å². The predicted molar refractivity (Wildman–Crippen MR) is 68.5 cm³/mol. The lowest BCUT2D eigenvalue weighted by Gasteiger charge is -2.03. The zero-order chi connectivity index (χ0) is 13.1. The molecule has 5 nitrogen and oxygen atoms in total. The van der Waals surface area contributed by atoms with Crippen LogP contribution in [0.4, 0.5) is 5.82 Å². The van der Waals surface area contributed by atoms with Gasteiger partial charge in [0.2, 0.25) is 0 Å². The minimum absolute atomic E-state index is 0.134. The van der Waals surface area contributed by atoms with Crippen molar-refractivity contribution in [2.75, 3.05) is 5.32 Å². The number of aromatic nitrogens is 1. The molecule has 0 aliphatic rings. The van der Waals surface area contributed by atoms with Gasteiger partial charge in [-0.1, -0.05) is 17.7 Å². The second-order valence-corrected chi connectivity index (χ2v) is 4.59. The molecule has 0 saturated carbocycles. The van der Waals surface area contributed by atoms with Gasteiger partial charge in [-0.15, -0.1) is 11.3 Å². The van der Waals surface area contributed by atoms with Gasteiger partial charge >= 0.3 is 5.97 Å². The number of carboxylic acids is 1. The van der Waals surface area contributed by atoms with Gasteiger partial charge in [0.1, 0.15) is 10.7 Å². The van der Waals surface area contributed by atoms with E-state index >= 15 is 0 Å². The van der Waals surface area contributed by atoms with Gasteiger partial charge in [0, 0.05) is 0 Å². The van der Waals surface area contributed by atoms with Crippen LogP contribution in [-0.2, 0) is 0 Å². The average molecular weight is 283 g/mol. The number of hydrogen-bond acceptors (Lipinski definition) is 4. The van der Waals surface area contributed by atoms with Crippen molar-refractivity contribution >= 4 is 40.6 Å². The molecule has 0 aromatic carbocycles. The van der Waals surface area contributed by atoms with Crippen molar-refractivity contribution in [2.24, 2.45) is 0 Å². The molecule has 7 heteroatoms. The van der Waals surface area contributed by atoms with Gasteiger partial charge in [0.15, 0.2) is 5.69 Å². The third-order valence-electron chi connectivity index (χ3n) is 2.03. The highest BCUT2D eigenvalue weighted by Crippen LogP contribution is 2.22. The Hall–Kier alpha value is -1.92. The maximum absolute atomic E-state index is 11.8. The van der Waals surface area contributed by atoms with E-state index in [-0.39, 0.29) is 11.5 Å². The number of nitrogens with zero attached hydrogens (tertiary/aromatic N) is 1. The first kappa shape index (κ1) is 12.5. The highest BCUT2D eigenvalue weighted by molar-refractivity contribution is 7.12. The minimum atomic E-state index is -1.15. The van der Waals surface area contributed by atoms with Gasteiger partial charge < -0.3 is 10.4 Å². The molecule has 0 saturated heterocycles. The van der Waals surface area contributed by atoms with E-state index in [9.17, 15) is 9.59 Å². The van der Waals surface area contributed by atoms with E-state index < -0.39 is 11.9 Å². The molecule has 0 spiro atoms. The highest BCUT2D eigenvalue weighted by Gasteiger charge is 2.13. The summed E-state index contributed by atoms with van der Waals surface area (Å²) in [6.45, 7) is 0. The number of carboxylic acid groups (broad SMARTS) is 1. The summed E-state index contributed by atoms with van der Waals surface area (Å²) >= 11 is 7.02. The number of rotatable bonds is 3. The third-order valence-corrected chi connectivity index (χ3v) is 3.37. The summed E-state index contributed by atoms with van der Waals surface area (Å²) in [7, 11) is 0. The van der Waals surface area contributed by atoms with Gasteiger partial charge in [0.05, 0.1) is 5.02 Å². The molecule has 1 amide bonds. The second-order valence-electron chi connectivity index (χ2n) is 3.27. The van der Waals surface area contributed by atoms with Crippen molar-refractivity contribution in [3.05, 3.63) is 45.2 Å². The lowest BCUT2D eigenvalue weighted by Crippen LogP contribution is -2.13. The Kier molecular flexibility index (Phi) is 3.59. The Bertz CT molecular complexity index is 612. The fourth-order valence-corrected chi connectivity index (χ4v) is 2.29. The monoisotopic (exact) mass is 282 g/mol. The van der Waals surface area contributed by atoms with Crippen LogP contribution in [0, 0.1) is 0 Å². The van der Waals surface area contributed by atoms with E-state index in [1.165, 1.54) is 29.5 Å². The van der Waals surface area contributed by atoms with Crippen molar-refractivity contribution in [1.29, 1.82) is 0 Å². The molecule has 2 aromatic heterocycles. The maximum Gasteiger partial charge on any atom is 0.354 e. The van der Waals surface area contributed by atoms with Crippen molar-refractivity contribution in [2.45, 2.75) is 0 Å². The Morgan fingerprint density at radius 3 is 2.72 bits per heavy atom. The third kappa shape index (κ3) is 2.66. The lowest BCUT2D eigenvalue weighted by atomic mass is 10.3. The van der Waals surface area contributed by atoms with Crippen LogP contribution in [0.2, 0.25) is 5.02 Å². The molecule has 0 aliphatic heterocycles. The zero-order valence-corrected chi connectivity index (χ0v) is 10.5. The summed E-state index contributed by atoms with van der Waals surface area (Å²) < 4.78 is 0. The predicted octanol–water partition coefficient (Wildman–Crippen LogP) is 2.75. The normalized spacial score (nSPS) is 10.1. The fraction of sp³-hybridized carbons (Fsp3) is 0. The van der Waals surface area contributed by atoms with Crippen LogP contribution in [0.25, 0.3) is 0 Å². The van der Waals surface area contributed by atoms with E-state index in [1.54, 1.807) is 11.4 Å². The van der Waals surface area contributed by atoms with Crippen LogP contribution in [0.15, 0.2) is 29.6 Å². The molecule has 2 heterocycles. The van der Waals surface area contributed by atoms with Crippen LogP contribution < -0.4 is 5.32 Å². The van der Waals surface area contributed by atoms with E-state index in [1.807, 2.05) is 0 Å². The number of amides is 1. The van der Waals surface area contributed by atoms with E-state index in [0.29, 0.717) is 9.90 Å². The van der Waals surface area contributed by atoms with Crippen molar-refractivity contribution in [1.82, 2.24) is 4.98 Å². The number of carbonyl (C=O) groups is 2. The van der Waals surface area contributed by atoms with Crippen molar-refractivity contribution in [3.8, 4) is 0 Å². The number of anilines is 1. The topological polar surface area (TPSA) is 79.3 Å².